The van der Waals surface area contributed by atoms with E-state index >= 15 is 0 Å². The van der Waals surface area contributed by atoms with Crippen LogP contribution in [0.15, 0.2) is 47.6 Å². The first-order valence-electron chi connectivity index (χ1n) is 6.94. The van der Waals surface area contributed by atoms with Crippen LogP contribution < -0.4 is 0 Å². The van der Waals surface area contributed by atoms with Gasteiger partial charge in [-0.3, -0.25) is 4.28 Å². The van der Waals surface area contributed by atoms with Crippen LogP contribution in [0.2, 0.25) is 0 Å². The highest BCUT2D eigenvalue weighted by Gasteiger charge is 2.51. The molecule has 0 aliphatic rings. The van der Waals surface area contributed by atoms with E-state index in [1.165, 1.54) is 30.3 Å². The number of fused-ring (bicyclic) bond motifs is 1. The van der Waals surface area contributed by atoms with Gasteiger partial charge in [0.2, 0.25) is 0 Å². The Hall–Kier alpha value is -2.76. The largest absolute Gasteiger partial charge is 0.536 e. The molecule has 0 aliphatic heterocycles. The fourth-order valence-corrected chi connectivity index (χ4v) is 2.32. The Morgan fingerprint density at radius 1 is 1.00 bits per heavy atom. The summed E-state index contributed by atoms with van der Waals surface area (Å²) in [6, 6.07) is 9.60. The van der Waals surface area contributed by atoms with Gasteiger partial charge < -0.3 is 4.74 Å². The molecule has 6 nitrogen and oxygen atoms in total. The fraction of sp³-hybridized carbons (Fsp3) is 0.200. The molecule has 0 unspecified atom stereocenters. The molecule has 12 heteroatoms. The van der Waals surface area contributed by atoms with Gasteiger partial charge in [-0.25, -0.2) is 4.79 Å². The second-order valence-electron chi connectivity index (χ2n) is 5.01. The van der Waals surface area contributed by atoms with E-state index in [0.717, 1.165) is 6.07 Å². The third kappa shape index (κ3) is 3.99. The van der Waals surface area contributed by atoms with E-state index in [4.69, 9.17) is 0 Å². The molecule has 0 saturated carbocycles. The molecular formula is C15H10F5NO5S. The van der Waals surface area contributed by atoms with Crippen LogP contribution in [0, 0.1) is 0 Å². The van der Waals surface area contributed by atoms with E-state index in [2.05, 4.69) is 14.2 Å². The van der Waals surface area contributed by atoms with Crippen LogP contribution in [0.25, 0.3) is 10.8 Å². The van der Waals surface area contributed by atoms with Crippen molar-refractivity contribution in [2.75, 3.05) is 7.11 Å². The number of hydrogen-bond acceptors (Lipinski definition) is 6. The monoisotopic (exact) mass is 411 g/mol. The van der Waals surface area contributed by atoms with Crippen molar-refractivity contribution in [3.8, 4) is 0 Å². The highest BCUT2D eigenvalue weighted by atomic mass is 32.2. The molecule has 146 valence electrons. The number of nitrogens with zero attached hydrogens (tertiary/aromatic N) is 1. The van der Waals surface area contributed by atoms with E-state index in [9.17, 15) is 35.2 Å². The quantitative estimate of drug-likeness (QED) is 0.248. The lowest BCUT2D eigenvalue weighted by atomic mass is 9.97. The molecule has 0 heterocycles. The molecule has 0 aliphatic carbocycles. The number of hydrogen-bond donors (Lipinski definition) is 0. The Kier molecular flexibility index (Phi) is 5.40. The number of alkyl halides is 5. The standard InChI is InChI=1S/C15H10F5NO5S/c1-25-13(22)14(16,17)12(21-26-27(23,24)15(18,19)20)11-8-4-6-9-5-2-3-7-10(9)11/h2-8H,1H3. The first-order valence-corrected chi connectivity index (χ1v) is 8.35. The molecule has 2 aromatic rings. The molecular weight excluding hydrogens is 401 g/mol. The molecule has 0 atom stereocenters. The minimum Gasteiger partial charge on any atom is -0.464 e. The van der Waals surface area contributed by atoms with Crippen LogP contribution in [0.4, 0.5) is 22.0 Å². The minimum atomic E-state index is -6.32. The van der Waals surface area contributed by atoms with Crippen molar-refractivity contribution in [3.63, 3.8) is 0 Å². The van der Waals surface area contributed by atoms with E-state index in [1.807, 2.05) is 0 Å². The molecule has 0 bridgehead atoms. The van der Waals surface area contributed by atoms with Gasteiger partial charge in [-0.2, -0.15) is 30.4 Å². The normalized spacial score (nSPS) is 13.5. The van der Waals surface area contributed by atoms with E-state index in [-0.39, 0.29) is 5.39 Å². The fourth-order valence-electron chi connectivity index (χ4n) is 2.06. The van der Waals surface area contributed by atoms with Crippen LogP contribution in [0.3, 0.4) is 0 Å². The number of carbonyl (C=O) groups is 1. The van der Waals surface area contributed by atoms with Gasteiger partial charge >= 0.3 is 27.5 Å². The Labute approximate surface area is 149 Å². The second kappa shape index (κ2) is 7.10. The summed E-state index contributed by atoms with van der Waals surface area (Å²) in [4.78, 5) is 11.4. The van der Waals surface area contributed by atoms with Gasteiger partial charge in [0.15, 0.2) is 5.71 Å². The maximum Gasteiger partial charge on any atom is 0.536 e. The number of benzene rings is 2. The maximum atomic E-state index is 14.4. The number of esters is 1. The lowest BCUT2D eigenvalue weighted by Crippen LogP contribution is -2.40. The number of carbonyl (C=O) groups excluding carboxylic acids is 1. The summed E-state index contributed by atoms with van der Waals surface area (Å²) < 4.78 is 95.3. The van der Waals surface area contributed by atoms with Crippen LogP contribution in [-0.4, -0.2) is 38.6 Å². The molecule has 0 saturated heterocycles. The summed E-state index contributed by atoms with van der Waals surface area (Å²) in [5.41, 5.74) is -8.07. The van der Waals surface area contributed by atoms with Crippen molar-refractivity contribution in [3.05, 3.63) is 48.0 Å². The Morgan fingerprint density at radius 2 is 1.59 bits per heavy atom. The number of ether oxygens (including phenoxy) is 1. The van der Waals surface area contributed by atoms with Crippen LogP contribution >= 0.6 is 0 Å². The van der Waals surface area contributed by atoms with Gasteiger partial charge in [0.25, 0.3) is 0 Å². The van der Waals surface area contributed by atoms with Gasteiger partial charge in [-0.1, -0.05) is 47.6 Å². The van der Waals surface area contributed by atoms with Crippen molar-refractivity contribution < 1.29 is 44.2 Å². The van der Waals surface area contributed by atoms with Crippen molar-refractivity contribution >= 4 is 32.6 Å². The number of methoxy groups -OCH3 is 1. The molecule has 0 N–H and O–H groups in total. The average molecular weight is 411 g/mol. The molecule has 2 aromatic carbocycles. The molecule has 0 spiro atoms. The smallest absolute Gasteiger partial charge is 0.464 e. The van der Waals surface area contributed by atoms with Crippen LogP contribution in [-0.2, 0) is 23.9 Å². The lowest BCUT2D eigenvalue weighted by Gasteiger charge is -2.17. The Balaban J connectivity index is 2.71. The van der Waals surface area contributed by atoms with Gasteiger partial charge in [-0.05, 0) is 10.8 Å². The van der Waals surface area contributed by atoms with Crippen LogP contribution in [0.5, 0.6) is 0 Å². The molecule has 27 heavy (non-hydrogen) atoms. The second-order valence-corrected chi connectivity index (χ2v) is 6.53. The first kappa shape index (κ1) is 20.6. The number of oxime groups is 1. The van der Waals surface area contributed by atoms with Crippen molar-refractivity contribution in [1.82, 2.24) is 0 Å². The van der Waals surface area contributed by atoms with E-state index < -0.39 is 38.8 Å². The average Bonchev–Trinajstić information content (AvgIpc) is 2.60. The van der Waals surface area contributed by atoms with E-state index in [0.29, 0.717) is 12.5 Å². The van der Waals surface area contributed by atoms with Gasteiger partial charge in [0.05, 0.1) is 7.11 Å². The highest BCUT2D eigenvalue weighted by molar-refractivity contribution is 7.87. The summed E-state index contributed by atoms with van der Waals surface area (Å²) >= 11 is 0. The maximum absolute atomic E-state index is 14.4. The third-order valence-corrected chi connectivity index (χ3v) is 4.13. The van der Waals surface area contributed by atoms with Crippen molar-refractivity contribution in [1.29, 1.82) is 0 Å². The zero-order valence-electron chi connectivity index (χ0n) is 13.3. The first-order chi connectivity index (χ1) is 12.4. The summed E-state index contributed by atoms with van der Waals surface area (Å²) in [6.07, 6.45) is 0. The summed E-state index contributed by atoms with van der Waals surface area (Å²) in [7, 11) is -5.70. The predicted molar refractivity (Wildman–Crippen MR) is 83.5 cm³/mol. The zero-order chi connectivity index (χ0) is 20.5. The SMILES string of the molecule is COC(=O)C(F)(F)C(=NOS(=O)(=O)C(F)(F)F)c1cccc2ccccc12. The van der Waals surface area contributed by atoms with Crippen molar-refractivity contribution in [2.24, 2.45) is 5.16 Å². The molecule has 0 aromatic heterocycles. The molecule has 0 fully saturated rings. The third-order valence-electron chi connectivity index (χ3n) is 3.29. The molecule has 0 amide bonds. The number of rotatable bonds is 5. The molecule has 2 rings (SSSR count). The van der Waals surface area contributed by atoms with Gasteiger partial charge in [-0.15, -0.1) is 0 Å². The van der Waals surface area contributed by atoms with Crippen LogP contribution in [0.1, 0.15) is 5.56 Å². The summed E-state index contributed by atoms with van der Waals surface area (Å²) in [5, 5.41) is 2.92. The Bertz CT molecular complexity index is 996. The molecule has 0 radical (unpaired) electrons. The van der Waals surface area contributed by atoms with Crippen molar-refractivity contribution in [2.45, 2.75) is 11.4 Å². The van der Waals surface area contributed by atoms with E-state index in [1.54, 1.807) is 6.07 Å². The predicted octanol–water partition coefficient (Wildman–Crippen LogP) is 3.22. The lowest BCUT2D eigenvalue weighted by molar-refractivity contribution is -0.159. The summed E-state index contributed by atoms with van der Waals surface area (Å²) in [6.45, 7) is 0. The van der Waals surface area contributed by atoms with Gasteiger partial charge in [0.1, 0.15) is 0 Å². The highest BCUT2D eigenvalue weighted by Crippen LogP contribution is 2.30. The minimum absolute atomic E-state index is 0.0651. The van der Waals surface area contributed by atoms with Gasteiger partial charge in [0, 0.05) is 5.56 Å². The zero-order valence-corrected chi connectivity index (χ0v) is 14.1. The number of halogens is 5. The topological polar surface area (TPSA) is 82.0 Å². The Morgan fingerprint density at radius 3 is 2.19 bits per heavy atom. The summed E-state index contributed by atoms with van der Waals surface area (Å²) in [5.74, 6) is -6.76.